The van der Waals surface area contributed by atoms with E-state index in [0.29, 0.717) is 27.0 Å². The molecule has 0 bridgehead atoms. The van der Waals surface area contributed by atoms with E-state index < -0.39 is 11.9 Å². The van der Waals surface area contributed by atoms with Gasteiger partial charge in [-0.15, -0.1) is 0 Å². The molecule has 0 aliphatic carbocycles. The number of urea groups is 1. The summed E-state index contributed by atoms with van der Waals surface area (Å²) in [5.41, 5.74) is 5.30. The van der Waals surface area contributed by atoms with Crippen LogP contribution in [0.25, 0.3) is 0 Å². The smallest absolute Gasteiger partial charge is 0.337 e. The maximum Gasteiger partial charge on any atom is 0.337 e. The molecule has 2 rings (SSSR count). The van der Waals surface area contributed by atoms with Gasteiger partial charge in [0.25, 0.3) is 5.91 Å². The first-order chi connectivity index (χ1) is 11.0. The number of ether oxygens (including phenoxy) is 1. The van der Waals surface area contributed by atoms with E-state index in [-0.39, 0.29) is 0 Å². The molecule has 0 radical (unpaired) electrons. The van der Waals surface area contributed by atoms with Crippen molar-refractivity contribution in [3.63, 3.8) is 0 Å². The van der Waals surface area contributed by atoms with Crippen LogP contribution in [0.5, 0.6) is 5.75 Å². The van der Waals surface area contributed by atoms with E-state index in [0.717, 1.165) is 0 Å². The Hall–Kier alpha value is -2.44. The van der Waals surface area contributed by atoms with Gasteiger partial charge in [0.15, 0.2) is 0 Å². The first-order valence-electron chi connectivity index (χ1n) is 6.46. The molecule has 3 N–H and O–H groups in total. The summed E-state index contributed by atoms with van der Waals surface area (Å²) in [4.78, 5) is 23.7. The molecule has 0 saturated heterocycles. The van der Waals surface area contributed by atoms with Crippen molar-refractivity contribution in [3.05, 3.63) is 58.1 Å². The number of methoxy groups -OCH3 is 1. The minimum absolute atomic E-state index is 0.310. The average molecular weight is 354 g/mol. The number of amides is 3. The second-order valence-corrected chi connectivity index (χ2v) is 5.21. The second kappa shape index (κ2) is 7.71. The predicted molar refractivity (Wildman–Crippen MR) is 89.1 cm³/mol. The van der Waals surface area contributed by atoms with Crippen molar-refractivity contribution >= 4 is 40.8 Å². The number of halogens is 2. The Morgan fingerprint density at radius 1 is 1.00 bits per heavy atom. The van der Waals surface area contributed by atoms with Gasteiger partial charge < -0.3 is 10.1 Å². The Bertz CT molecular complexity index is 738. The summed E-state index contributed by atoms with van der Waals surface area (Å²) in [7, 11) is 1.50. The highest BCUT2D eigenvalue weighted by Gasteiger charge is 2.09. The Morgan fingerprint density at radius 3 is 2.48 bits per heavy atom. The van der Waals surface area contributed by atoms with E-state index in [1.807, 2.05) is 0 Å². The zero-order valence-corrected chi connectivity index (χ0v) is 13.5. The van der Waals surface area contributed by atoms with Crippen molar-refractivity contribution in [3.8, 4) is 5.75 Å². The van der Waals surface area contributed by atoms with Gasteiger partial charge in [-0.2, -0.15) is 0 Å². The molecule has 0 aromatic heterocycles. The normalized spacial score (nSPS) is 9.87. The zero-order chi connectivity index (χ0) is 16.8. The number of carbonyl (C=O) groups excluding carboxylic acids is 2. The highest BCUT2D eigenvalue weighted by atomic mass is 35.5. The summed E-state index contributed by atoms with van der Waals surface area (Å²) in [5.74, 6) is 0.0612. The third-order valence-corrected chi connectivity index (χ3v) is 3.54. The average Bonchev–Trinajstić information content (AvgIpc) is 2.56. The Morgan fingerprint density at radius 2 is 1.78 bits per heavy atom. The zero-order valence-electron chi connectivity index (χ0n) is 12.0. The fourth-order valence-electron chi connectivity index (χ4n) is 1.69. The third kappa shape index (κ3) is 4.77. The highest BCUT2D eigenvalue weighted by Crippen LogP contribution is 2.24. The minimum Gasteiger partial charge on any atom is -0.497 e. The van der Waals surface area contributed by atoms with Crippen molar-refractivity contribution in [2.24, 2.45) is 0 Å². The SMILES string of the molecule is COc1cccc(C(=O)NNC(=O)Nc2ccc(Cl)c(Cl)c2)c1. The van der Waals surface area contributed by atoms with Gasteiger partial charge in [0.1, 0.15) is 5.75 Å². The van der Waals surface area contributed by atoms with Crippen molar-refractivity contribution in [2.75, 3.05) is 12.4 Å². The molecule has 23 heavy (non-hydrogen) atoms. The van der Waals surface area contributed by atoms with Crippen molar-refractivity contribution < 1.29 is 14.3 Å². The largest absolute Gasteiger partial charge is 0.497 e. The molecule has 0 fully saturated rings. The summed E-state index contributed by atoms with van der Waals surface area (Å²) in [6, 6.07) is 10.5. The van der Waals surface area contributed by atoms with Crippen LogP contribution in [0.2, 0.25) is 10.0 Å². The molecule has 0 atom stereocenters. The van der Waals surface area contributed by atoms with Crippen LogP contribution in [0, 0.1) is 0 Å². The molecule has 0 aliphatic rings. The van der Waals surface area contributed by atoms with Crippen molar-refractivity contribution in [2.45, 2.75) is 0 Å². The Labute approximate surface area is 142 Å². The van der Waals surface area contributed by atoms with E-state index in [4.69, 9.17) is 27.9 Å². The first-order valence-corrected chi connectivity index (χ1v) is 7.21. The summed E-state index contributed by atoms with van der Waals surface area (Å²) in [6.07, 6.45) is 0. The van der Waals surface area contributed by atoms with Gasteiger partial charge in [-0.05, 0) is 36.4 Å². The molecular weight excluding hydrogens is 341 g/mol. The van der Waals surface area contributed by atoms with E-state index in [1.165, 1.54) is 13.2 Å². The molecule has 2 aromatic rings. The van der Waals surface area contributed by atoms with E-state index in [1.54, 1.807) is 36.4 Å². The molecule has 6 nitrogen and oxygen atoms in total. The van der Waals surface area contributed by atoms with Crippen LogP contribution in [-0.4, -0.2) is 19.0 Å². The number of anilines is 1. The lowest BCUT2D eigenvalue weighted by molar-refractivity contribution is 0.0937. The summed E-state index contributed by atoms with van der Waals surface area (Å²) >= 11 is 11.6. The molecule has 120 valence electrons. The molecular formula is C15H13Cl2N3O3. The van der Waals surface area contributed by atoms with Gasteiger partial charge in [0, 0.05) is 11.3 Å². The van der Waals surface area contributed by atoms with Gasteiger partial charge in [-0.25, -0.2) is 10.2 Å². The van der Waals surface area contributed by atoms with Crippen LogP contribution in [0.4, 0.5) is 10.5 Å². The number of hydrogen-bond donors (Lipinski definition) is 3. The number of rotatable bonds is 3. The van der Waals surface area contributed by atoms with Gasteiger partial charge >= 0.3 is 6.03 Å². The Balaban J connectivity index is 1.90. The van der Waals surface area contributed by atoms with Crippen LogP contribution in [0.15, 0.2) is 42.5 Å². The number of hydrazine groups is 1. The summed E-state index contributed by atoms with van der Waals surface area (Å²) < 4.78 is 5.03. The number of carbonyl (C=O) groups is 2. The monoisotopic (exact) mass is 353 g/mol. The highest BCUT2D eigenvalue weighted by molar-refractivity contribution is 6.42. The molecule has 0 spiro atoms. The first kappa shape index (κ1) is 16.9. The quantitative estimate of drug-likeness (QED) is 0.739. The number of hydrogen-bond acceptors (Lipinski definition) is 3. The van der Waals surface area contributed by atoms with E-state index in [2.05, 4.69) is 16.2 Å². The molecule has 0 heterocycles. The van der Waals surface area contributed by atoms with Gasteiger partial charge in [-0.1, -0.05) is 29.3 Å². The molecule has 0 saturated carbocycles. The fourth-order valence-corrected chi connectivity index (χ4v) is 1.98. The second-order valence-electron chi connectivity index (χ2n) is 4.39. The lowest BCUT2D eigenvalue weighted by atomic mass is 10.2. The summed E-state index contributed by atoms with van der Waals surface area (Å²) in [6.45, 7) is 0. The van der Waals surface area contributed by atoms with E-state index in [9.17, 15) is 9.59 Å². The molecule has 2 aromatic carbocycles. The molecule has 3 amide bonds. The maximum absolute atomic E-state index is 11.9. The van der Waals surface area contributed by atoms with Crippen LogP contribution in [0.1, 0.15) is 10.4 Å². The maximum atomic E-state index is 11.9. The Kier molecular flexibility index (Phi) is 5.67. The minimum atomic E-state index is -0.625. The van der Waals surface area contributed by atoms with Crippen LogP contribution >= 0.6 is 23.2 Å². The van der Waals surface area contributed by atoms with E-state index >= 15 is 0 Å². The lowest BCUT2D eigenvalue weighted by Gasteiger charge is -2.10. The lowest BCUT2D eigenvalue weighted by Crippen LogP contribution is -2.43. The van der Waals surface area contributed by atoms with Gasteiger partial charge in [0.2, 0.25) is 0 Å². The number of nitrogens with one attached hydrogen (secondary N) is 3. The molecule has 0 unspecified atom stereocenters. The molecule has 8 heteroatoms. The molecule has 0 aliphatic heterocycles. The van der Waals surface area contributed by atoms with Crippen LogP contribution in [-0.2, 0) is 0 Å². The topological polar surface area (TPSA) is 79.5 Å². The van der Waals surface area contributed by atoms with Crippen molar-refractivity contribution in [1.82, 2.24) is 10.9 Å². The van der Waals surface area contributed by atoms with Gasteiger partial charge in [-0.3, -0.25) is 10.2 Å². The fraction of sp³-hybridized carbons (Fsp3) is 0.0667. The summed E-state index contributed by atoms with van der Waals surface area (Å²) in [5, 5.41) is 3.20. The van der Waals surface area contributed by atoms with Crippen LogP contribution < -0.4 is 20.9 Å². The standard InChI is InChI=1S/C15H13Cl2N3O3/c1-23-11-4-2-3-9(7-11)14(21)19-20-15(22)18-10-5-6-12(16)13(17)8-10/h2-8H,1H3,(H,19,21)(H2,18,20,22). The van der Waals surface area contributed by atoms with Gasteiger partial charge in [0.05, 0.1) is 17.2 Å². The van der Waals surface area contributed by atoms with Crippen LogP contribution in [0.3, 0.4) is 0 Å². The number of benzene rings is 2. The third-order valence-electron chi connectivity index (χ3n) is 2.80. The van der Waals surface area contributed by atoms with Crippen molar-refractivity contribution in [1.29, 1.82) is 0 Å². The predicted octanol–water partition coefficient (Wildman–Crippen LogP) is 3.47.